The van der Waals surface area contributed by atoms with Crippen LogP contribution in [0.2, 0.25) is 0 Å². The van der Waals surface area contributed by atoms with Crippen LogP contribution in [-0.4, -0.2) is 71.1 Å². The predicted molar refractivity (Wildman–Crippen MR) is 100 cm³/mol. The Kier molecular flexibility index (Phi) is 9.15. The molecule has 0 saturated carbocycles. The van der Waals surface area contributed by atoms with E-state index in [1.165, 1.54) is 0 Å². The number of hydrogen-bond donors (Lipinski definition) is 1. The summed E-state index contributed by atoms with van der Waals surface area (Å²) < 4.78 is 16.4. The first-order valence-corrected chi connectivity index (χ1v) is 9.03. The van der Waals surface area contributed by atoms with Gasteiger partial charge in [0.2, 0.25) is 0 Å². The van der Waals surface area contributed by atoms with Crippen LogP contribution >= 0.6 is 0 Å². The number of methoxy groups -OCH3 is 1. The predicted octanol–water partition coefficient (Wildman–Crippen LogP) is 2.02. The number of para-hydroxylation sites is 1. The van der Waals surface area contributed by atoms with Gasteiger partial charge in [0.15, 0.2) is 5.96 Å². The van der Waals surface area contributed by atoms with E-state index < -0.39 is 0 Å². The van der Waals surface area contributed by atoms with Gasteiger partial charge in [-0.05, 0) is 25.0 Å². The van der Waals surface area contributed by atoms with E-state index in [4.69, 9.17) is 14.2 Å². The van der Waals surface area contributed by atoms with E-state index in [0.717, 1.165) is 50.8 Å². The molecule has 0 radical (unpaired) electrons. The minimum atomic E-state index is 0.567. The molecule has 1 unspecified atom stereocenters. The van der Waals surface area contributed by atoms with E-state index in [9.17, 15) is 0 Å². The molecule has 140 valence electrons. The first-order valence-electron chi connectivity index (χ1n) is 9.03. The summed E-state index contributed by atoms with van der Waals surface area (Å²) in [5, 5.41) is 3.43. The van der Waals surface area contributed by atoms with Gasteiger partial charge in [-0.2, -0.15) is 0 Å². The number of ether oxygens (including phenoxy) is 3. The largest absolute Gasteiger partial charge is 0.494 e. The van der Waals surface area contributed by atoms with Crippen molar-refractivity contribution >= 4 is 5.96 Å². The topological polar surface area (TPSA) is 55.3 Å². The van der Waals surface area contributed by atoms with Crippen LogP contribution in [0.1, 0.15) is 12.8 Å². The van der Waals surface area contributed by atoms with Crippen LogP contribution in [-0.2, 0) is 9.47 Å². The molecule has 1 aliphatic heterocycles. The van der Waals surface area contributed by atoms with Gasteiger partial charge < -0.3 is 24.4 Å². The fourth-order valence-electron chi connectivity index (χ4n) is 2.86. The zero-order valence-electron chi connectivity index (χ0n) is 15.4. The quantitative estimate of drug-likeness (QED) is 0.398. The van der Waals surface area contributed by atoms with E-state index in [1.807, 2.05) is 37.4 Å². The number of likely N-dealkylation sites (tertiary alicyclic amines) is 1. The Labute approximate surface area is 151 Å². The van der Waals surface area contributed by atoms with Crippen molar-refractivity contribution in [3.63, 3.8) is 0 Å². The zero-order valence-corrected chi connectivity index (χ0v) is 15.4. The second kappa shape index (κ2) is 11.7. The molecule has 25 heavy (non-hydrogen) atoms. The van der Waals surface area contributed by atoms with Crippen molar-refractivity contribution in [2.45, 2.75) is 12.8 Å². The summed E-state index contributed by atoms with van der Waals surface area (Å²) in [6, 6.07) is 9.91. The lowest BCUT2D eigenvalue weighted by atomic mass is 10.1. The minimum Gasteiger partial charge on any atom is -0.494 e. The van der Waals surface area contributed by atoms with Gasteiger partial charge in [0, 0.05) is 39.7 Å². The number of benzene rings is 1. The average Bonchev–Trinajstić information content (AvgIpc) is 3.11. The molecule has 0 spiro atoms. The molecule has 0 aliphatic carbocycles. The second-order valence-electron chi connectivity index (χ2n) is 6.16. The number of hydrogen-bond acceptors (Lipinski definition) is 4. The normalized spacial score (nSPS) is 17.8. The SMILES string of the molecule is CN=C(NCCCOc1ccccc1)N1CCC(COCCOC)C1. The Morgan fingerprint density at radius 2 is 2.08 bits per heavy atom. The van der Waals surface area contributed by atoms with Crippen LogP contribution in [0.4, 0.5) is 0 Å². The maximum atomic E-state index is 5.71. The molecular weight excluding hydrogens is 318 g/mol. The lowest BCUT2D eigenvalue weighted by Crippen LogP contribution is -2.40. The number of nitrogens with zero attached hydrogens (tertiary/aromatic N) is 2. The number of guanidine groups is 1. The summed E-state index contributed by atoms with van der Waals surface area (Å²) in [6.45, 7) is 5.69. The van der Waals surface area contributed by atoms with Crippen LogP contribution in [0.25, 0.3) is 0 Å². The summed E-state index contributed by atoms with van der Waals surface area (Å²) in [4.78, 5) is 6.71. The number of aliphatic imine (C=N–C) groups is 1. The molecule has 1 saturated heterocycles. The summed E-state index contributed by atoms with van der Waals surface area (Å²) in [7, 11) is 3.53. The van der Waals surface area contributed by atoms with Crippen LogP contribution in [0.15, 0.2) is 35.3 Å². The zero-order chi connectivity index (χ0) is 17.7. The molecule has 1 atom stereocenters. The fraction of sp³-hybridized carbons (Fsp3) is 0.632. The Morgan fingerprint density at radius 1 is 1.24 bits per heavy atom. The van der Waals surface area contributed by atoms with Crippen LogP contribution < -0.4 is 10.1 Å². The molecule has 0 aromatic heterocycles. The molecule has 0 amide bonds. The highest BCUT2D eigenvalue weighted by atomic mass is 16.5. The van der Waals surface area contributed by atoms with Gasteiger partial charge in [0.25, 0.3) is 0 Å². The van der Waals surface area contributed by atoms with Crippen molar-refractivity contribution in [1.29, 1.82) is 0 Å². The Hall–Kier alpha value is -1.79. The first kappa shape index (κ1) is 19.5. The molecule has 0 bridgehead atoms. The van der Waals surface area contributed by atoms with Crippen molar-refractivity contribution in [2.75, 3.05) is 60.2 Å². The number of rotatable bonds is 10. The lowest BCUT2D eigenvalue weighted by Gasteiger charge is -2.21. The van der Waals surface area contributed by atoms with E-state index in [-0.39, 0.29) is 0 Å². The van der Waals surface area contributed by atoms with Gasteiger partial charge in [-0.15, -0.1) is 0 Å². The Bertz CT molecular complexity index is 496. The molecule has 2 rings (SSSR count). The molecule has 1 fully saturated rings. The summed E-state index contributed by atoms with van der Waals surface area (Å²) >= 11 is 0. The van der Waals surface area contributed by atoms with Crippen molar-refractivity contribution in [2.24, 2.45) is 10.9 Å². The van der Waals surface area contributed by atoms with Crippen molar-refractivity contribution in [1.82, 2.24) is 10.2 Å². The van der Waals surface area contributed by atoms with Gasteiger partial charge in [0.1, 0.15) is 5.75 Å². The minimum absolute atomic E-state index is 0.567. The van der Waals surface area contributed by atoms with Gasteiger partial charge >= 0.3 is 0 Å². The number of nitrogens with one attached hydrogen (secondary N) is 1. The molecule has 6 nitrogen and oxygen atoms in total. The van der Waals surface area contributed by atoms with Crippen molar-refractivity contribution in [3.8, 4) is 5.75 Å². The summed E-state index contributed by atoms with van der Waals surface area (Å²) in [5.41, 5.74) is 0. The third kappa shape index (κ3) is 7.32. The average molecular weight is 349 g/mol. The maximum absolute atomic E-state index is 5.71. The molecule has 1 aliphatic rings. The smallest absolute Gasteiger partial charge is 0.193 e. The molecule has 1 aromatic rings. The third-order valence-corrected chi connectivity index (χ3v) is 4.20. The van der Waals surface area contributed by atoms with Gasteiger partial charge in [-0.1, -0.05) is 18.2 Å². The van der Waals surface area contributed by atoms with Crippen LogP contribution in [0, 0.1) is 5.92 Å². The summed E-state index contributed by atoms with van der Waals surface area (Å²) in [6.07, 6.45) is 2.08. The van der Waals surface area contributed by atoms with E-state index in [2.05, 4.69) is 15.2 Å². The molecular formula is C19H31N3O3. The van der Waals surface area contributed by atoms with E-state index >= 15 is 0 Å². The first-order chi connectivity index (χ1) is 12.3. The molecule has 1 heterocycles. The van der Waals surface area contributed by atoms with Crippen molar-refractivity contribution < 1.29 is 14.2 Å². The highest BCUT2D eigenvalue weighted by Gasteiger charge is 2.24. The Morgan fingerprint density at radius 3 is 2.84 bits per heavy atom. The fourth-order valence-corrected chi connectivity index (χ4v) is 2.86. The molecule has 1 aromatic carbocycles. The van der Waals surface area contributed by atoms with Gasteiger partial charge in [-0.3, -0.25) is 4.99 Å². The lowest BCUT2D eigenvalue weighted by molar-refractivity contribution is 0.0536. The molecule has 1 N–H and O–H groups in total. The standard InChI is InChI=1S/C19H31N3O3/c1-20-19(21-10-6-12-25-18-7-4-3-5-8-18)22-11-9-17(15-22)16-24-14-13-23-2/h3-5,7-8,17H,6,9-16H2,1-2H3,(H,20,21). The summed E-state index contributed by atoms with van der Waals surface area (Å²) in [5.74, 6) is 2.46. The van der Waals surface area contributed by atoms with Crippen LogP contribution in [0.5, 0.6) is 5.75 Å². The van der Waals surface area contributed by atoms with Gasteiger partial charge in [-0.25, -0.2) is 0 Å². The van der Waals surface area contributed by atoms with Crippen LogP contribution in [0.3, 0.4) is 0 Å². The van der Waals surface area contributed by atoms with Crippen molar-refractivity contribution in [3.05, 3.63) is 30.3 Å². The molecule has 6 heteroatoms. The maximum Gasteiger partial charge on any atom is 0.193 e. The highest BCUT2D eigenvalue weighted by Crippen LogP contribution is 2.16. The van der Waals surface area contributed by atoms with E-state index in [0.29, 0.717) is 25.7 Å². The second-order valence-corrected chi connectivity index (χ2v) is 6.16. The van der Waals surface area contributed by atoms with E-state index in [1.54, 1.807) is 7.11 Å². The highest BCUT2D eigenvalue weighted by molar-refractivity contribution is 5.80. The Balaban J connectivity index is 1.59. The van der Waals surface area contributed by atoms with Gasteiger partial charge in [0.05, 0.1) is 26.4 Å². The monoisotopic (exact) mass is 349 g/mol. The third-order valence-electron chi connectivity index (χ3n) is 4.20.